The number of benzene rings is 1. The Morgan fingerprint density at radius 1 is 1.18 bits per heavy atom. The summed E-state index contributed by atoms with van der Waals surface area (Å²) in [5.41, 5.74) is 2.89. The molecular weight excluding hydrogens is 298 g/mol. The van der Waals surface area contributed by atoms with Crippen LogP contribution in [0.4, 0.5) is 5.82 Å². The summed E-state index contributed by atoms with van der Waals surface area (Å²) in [6.07, 6.45) is 3.54. The minimum Gasteiger partial charge on any atom is -0.354 e. The molecule has 22 heavy (non-hydrogen) atoms. The Labute approximate surface area is 133 Å². The predicted octanol–water partition coefficient (Wildman–Crippen LogP) is 2.92. The van der Waals surface area contributed by atoms with Crippen molar-refractivity contribution < 1.29 is 0 Å². The molecule has 3 aromatic rings. The van der Waals surface area contributed by atoms with E-state index in [-0.39, 0.29) is 0 Å². The van der Waals surface area contributed by atoms with Gasteiger partial charge in [-0.2, -0.15) is 5.10 Å². The Morgan fingerprint density at radius 3 is 2.59 bits per heavy atom. The van der Waals surface area contributed by atoms with E-state index in [4.69, 9.17) is 16.6 Å². The Morgan fingerprint density at radius 2 is 1.91 bits per heavy atom. The number of fused-ring (bicyclic) bond motifs is 1. The first kappa shape index (κ1) is 13.5. The van der Waals surface area contributed by atoms with E-state index in [1.54, 1.807) is 6.20 Å². The summed E-state index contributed by atoms with van der Waals surface area (Å²) in [7, 11) is 0. The maximum absolute atomic E-state index is 5.89. The smallest absolute Gasteiger partial charge is 0.150 e. The summed E-state index contributed by atoms with van der Waals surface area (Å²) in [5, 5.41) is 4.92. The van der Waals surface area contributed by atoms with Gasteiger partial charge in [-0.05, 0) is 19.1 Å². The predicted molar refractivity (Wildman–Crippen MR) is 87.2 cm³/mol. The van der Waals surface area contributed by atoms with E-state index in [1.807, 2.05) is 42.1 Å². The van der Waals surface area contributed by atoms with Gasteiger partial charge in [-0.15, -0.1) is 0 Å². The normalized spacial score (nSPS) is 15.3. The van der Waals surface area contributed by atoms with Gasteiger partial charge in [-0.1, -0.05) is 23.7 Å². The molecule has 1 saturated heterocycles. The number of aryl methyl sites for hydroxylation is 1. The van der Waals surface area contributed by atoms with E-state index in [1.165, 1.54) is 0 Å². The summed E-state index contributed by atoms with van der Waals surface area (Å²) < 4.78 is 1.91. The van der Waals surface area contributed by atoms with E-state index in [0.29, 0.717) is 10.9 Å². The van der Waals surface area contributed by atoms with Crippen molar-refractivity contribution in [3.05, 3.63) is 47.4 Å². The van der Waals surface area contributed by atoms with E-state index in [2.05, 4.69) is 15.0 Å². The number of anilines is 1. The first-order valence-electron chi connectivity index (χ1n) is 7.35. The van der Waals surface area contributed by atoms with Gasteiger partial charge in [0.05, 0.1) is 27.9 Å². The second-order valence-electron chi connectivity index (χ2n) is 5.77. The molecule has 6 heteroatoms. The molecule has 1 fully saturated rings. The minimum atomic E-state index is 0.573. The van der Waals surface area contributed by atoms with Gasteiger partial charge in [-0.3, -0.25) is 4.68 Å². The standard InChI is InChI=1S/C16H16ClN5/c1-11-16(20-15-5-3-2-4-14(15)19-11)21-7-12(8-21)9-22-10-13(17)6-18-22/h2-6,10,12H,7-9H2,1H3. The average molecular weight is 314 g/mol. The highest BCUT2D eigenvalue weighted by atomic mass is 35.5. The lowest BCUT2D eigenvalue weighted by molar-refractivity contribution is 0.340. The van der Waals surface area contributed by atoms with Crippen molar-refractivity contribution in [2.24, 2.45) is 5.92 Å². The topological polar surface area (TPSA) is 46.8 Å². The molecule has 4 rings (SSSR count). The van der Waals surface area contributed by atoms with Crippen molar-refractivity contribution in [2.45, 2.75) is 13.5 Å². The van der Waals surface area contributed by atoms with Crippen LogP contribution in [0.2, 0.25) is 5.02 Å². The number of hydrogen-bond donors (Lipinski definition) is 0. The SMILES string of the molecule is Cc1nc2ccccc2nc1N1CC(Cn2cc(Cl)cn2)C1. The summed E-state index contributed by atoms with van der Waals surface area (Å²) in [6, 6.07) is 8.00. The molecule has 0 unspecified atom stereocenters. The van der Waals surface area contributed by atoms with Crippen LogP contribution in [-0.2, 0) is 6.54 Å². The molecule has 112 valence electrons. The maximum atomic E-state index is 5.89. The first-order valence-corrected chi connectivity index (χ1v) is 7.73. The number of halogens is 1. The molecule has 1 aliphatic heterocycles. The summed E-state index contributed by atoms with van der Waals surface area (Å²) in [4.78, 5) is 11.7. The Bertz CT molecular complexity index is 822. The van der Waals surface area contributed by atoms with E-state index < -0.39 is 0 Å². The lowest BCUT2D eigenvalue weighted by Crippen LogP contribution is -2.49. The zero-order valence-corrected chi connectivity index (χ0v) is 13.0. The molecule has 0 saturated carbocycles. The lowest BCUT2D eigenvalue weighted by atomic mass is 10.00. The van der Waals surface area contributed by atoms with Crippen molar-refractivity contribution in [3.63, 3.8) is 0 Å². The highest BCUT2D eigenvalue weighted by Crippen LogP contribution is 2.27. The Hall–Kier alpha value is -2.14. The van der Waals surface area contributed by atoms with Crippen molar-refractivity contribution >= 4 is 28.5 Å². The van der Waals surface area contributed by atoms with Gasteiger partial charge in [0.15, 0.2) is 5.82 Å². The van der Waals surface area contributed by atoms with E-state index in [0.717, 1.165) is 42.2 Å². The third kappa shape index (κ3) is 2.41. The van der Waals surface area contributed by atoms with Gasteiger partial charge in [-0.25, -0.2) is 9.97 Å². The van der Waals surface area contributed by atoms with Crippen LogP contribution < -0.4 is 4.90 Å². The number of rotatable bonds is 3. The molecule has 0 bridgehead atoms. The van der Waals surface area contributed by atoms with Gasteiger partial charge in [0.1, 0.15) is 0 Å². The van der Waals surface area contributed by atoms with Crippen LogP contribution in [0.25, 0.3) is 11.0 Å². The fourth-order valence-electron chi connectivity index (χ4n) is 2.94. The molecule has 0 spiro atoms. The molecule has 2 aromatic heterocycles. The highest BCUT2D eigenvalue weighted by Gasteiger charge is 2.29. The third-order valence-corrected chi connectivity index (χ3v) is 4.22. The zero-order chi connectivity index (χ0) is 15.1. The van der Waals surface area contributed by atoms with Gasteiger partial charge in [0.25, 0.3) is 0 Å². The molecule has 5 nitrogen and oxygen atoms in total. The van der Waals surface area contributed by atoms with Crippen LogP contribution in [0.5, 0.6) is 0 Å². The van der Waals surface area contributed by atoms with Crippen LogP contribution in [0, 0.1) is 12.8 Å². The molecule has 0 amide bonds. The first-order chi connectivity index (χ1) is 10.7. The summed E-state index contributed by atoms with van der Waals surface area (Å²) in [5.74, 6) is 1.57. The fraction of sp³-hybridized carbons (Fsp3) is 0.312. The molecule has 3 heterocycles. The highest BCUT2D eigenvalue weighted by molar-refractivity contribution is 6.30. The van der Waals surface area contributed by atoms with Crippen LogP contribution in [0.3, 0.4) is 0 Å². The Balaban J connectivity index is 1.49. The van der Waals surface area contributed by atoms with E-state index >= 15 is 0 Å². The van der Waals surface area contributed by atoms with Gasteiger partial charge >= 0.3 is 0 Å². The second kappa shape index (κ2) is 5.25. The van der Waals surface area contributed by atoms with Crippen molar-refractivity contribution in [1.29, 1.82) is 0 Å². The van der Waals surface area contributed by atoms with Gasteiger partial charge in [0, 0.05) is 31.7 Å². The zero-order valence-electron chi connectivity index (χ0n) is 12.3. The molecule has 0 aliphatic carbocycles. The van der Waals surface area contributed by atoms with Crippen LogP contribution >= 0.6 is 11.6 Å². The molecule has 0 radical (unpaired) electrons. The molecular formula is C16H16ClN5. The van der Waals surface area contributed by atoms with Crippen LogP contribution in [0.15, 0.2) is 36.7 Å². The van der Waals surface area contributed by atoms with Crippen molar-refractivity contribution in [1.82, 2.24) is 19.7 Å². The average Bonchev–Trinajstić information content (AvgIpc) is 2.87. The number of hydrogen-bond acceptors (Lipinski definition) is 4. The summed E-state index contributed by atoms with van der Waals surface area (Å²) >= 11 is 5.89. The molecule has 0 N–H and O–H groups in total. The van der Waals surface area contributed by atoms with Gasteiger partial charge < -0.3 is 4.90 Å². The third-order valence-electron chi connectivity index (χ3n) is 4.02. The van der Waals surface area contributed by atoms with Crippen LogP contribution in [0.1, 0.15) is 5.69 Å². The quantitative estimate of drug-likeness (QED) is 0.746. The Kier molecular flexibility index (Phi) is 3.22. The minimum absolute atomic E-state index is 0.573. The van der Waals surface area contributed by atoms with Gasteiger partial charge in [0.2, 0.25) is 0 Å². The van der Waals surface area contributed by atoms with Crippen molar-refractivity contribution in [2.75, 3.05) is 18.0 Å². The molecule has 1 aliphatic rings. The number of aromatic nitrogens is 4. The monoisotopic (exact) mass is 313 g/mol. The van der Waals surface area contributed by atoms with E-state index in [9.17, 15) is 0 Å². The largest absolute Gasteiger partial charge is 0.354 e. The fourth-order valence-corrected chi connectivity index (χ4v) is 3.10. The number of nitrogens with zero attached hydrogens (tertiary/aromatic N) is 5. The molecule has 0 atom stereocenters. The number of para-hydroxylation sites is 2. The molecule has 1 aromatic carbocycles. The lowest BCUT2D eigenvalue weighted by Gasteiger charge is -2.40. The second-order valence-corrected chi connectivity index (χ2v) is 6.21. The van der Waals surface area contributed by atoms with Crippen molar-refractivity contribution in [3.8, 4) is 0 Å². The van der Waals surface area contributed by atoms with Crippen LogP contribution in [-0.4, -0.2) is 32.8 Å². The maximum Gasteiger partial charge on any atom is 0.150 e. The summed E-state index contributed by atoms with van der Waals surface area (Å²) in [6.45, 7) is 4.87.